The molecule has 10 heteroatoms. The summed E-state index contributed by atoms with van der Waals surface area (Å²) in [5, 5.41) is 14.4. The van der Waals surface area contributed by atoms with E-state index in [1.165, 1.54) is 12.1 Å². The lowest BCUT2D eigenvalue weighted by Gasteiger charge is -2.14. The number of halogens is 2. The number of rotatable bonds is 6. The molecule has 0 amide bonds. The monoisotopic (exact) mass is 498 g/mol. The number of benzene rings is 3. The van der Waals surface area contributed by atoms with Gasteiger partial charge in [0.25, 0.3) is 5.56 Å². The number of phenolic OH excluding ortho intramolecular Hbond substituents is 1. The van der Waals surface area contributed by atoms with Crippen molar-refractivity contribution in [2.45, 2.75) is 6.42 Å². The van der Waals surface area contributed by atoms with Crippen LogP contribution in [0, 0.1) is 0 Å². The van der Waals surface area contributed by atoms with Crippen LogP contribution in [-0.4, -0.2) is 34.0 Å². The normalized spacial score (nSPS) is 10.8. The maximum atomic E-state index is 12.0. The highest BCUT2D eigenvalue weighted by Gasteiger charge is 2.15. The third kappa shape index (κ3) is 5.08. The van der Waals surface area contributed by atoms with Crippen LogP contribution in [0.5, 0.6) is 17.2 Å². The SMILES string of the molecule is CN(C)c1ccc(Cc2cc(Oc3c(Cl)cc(-n4ncc(=O)[nH]c4=O)cc3Cl)ccc2O)cc1. The molecule has 1 heterocycles. The van der Waals surface area contributed by atoms with Crippen LogP contribution < -0.4 is 20.9 Å². The van der Waals surface area contributed by atoms with Crippen molar-refractivity contribution in [2.24, 2.45) is 0 Å². The molecule has 0 aliphatic rings. The van der Waals surface area contributed by atoms with E-state index >= 15 is 0 Å². The minimum atomic E-state index is -0.727. The second-order valence-electron chi connectivity index (χ2n) is 7.72. The number of nitrogens with one attached hydrogen (secondary N) is 1. The molecule has 2 N–H and O–H groups in total. The van der Waals surface area contributed by atoms with Crippen LogP contribution in [0.4, 0.5) is 5.69 Å². The first-order valence-electron chi connectivity index (χ1n) is 10.2. The average molecular weight is 499 g/mol. The van der Waals surface area contributed by atoms with Crippen molar-refractivity contribution in [1.82, 2.24) is 14.8 Å². The van der Waals surface area contributed by atoms with Crippen molar-refractivity contribution in [3.05, 3.63) is 103 Å². The highest BCUT2D eigenvalue weighted by Crippen LogP contribution is 2.39. The first-order chi connectivity index (χ1) is 16.2. The Morgan fingerprint density at radius 3 is 2.32 bits per heavy atom. The Kier molecular flexibility index (Phi) is 6.63. The number of aromatic hydroxyl groups is 1. The van der Waals surface area contributed by atoms with Gasteiger partial charge < -0.3 is 14.7 Å². The van der Waals surface area contributed by atoms with E-state index in [0.717, 1.165) is 22.1 Å². The minimum Gasteiger partial charge on any atom is -0.508 e. The predicted octanol–water partition coefficient (Wildman–Crippen LogP) is 4.38. The summed E-state index contributed by atoms with van der Waals surface area (Å²) in [6.45, 7) is 0. The van der Waals surface area contributed by atoms with Gasteiger partial charge in [-0.2, -0.15) is 9.78 Å². The molecule has 0 aliphatic carbocycles. The standard InChI is InChI=1S/C24H20Cl2N4O4/c1-29(2)16-5-3-14(4-6-16)9-15-10-18(7-8-21(15)31)34-23-19(25)11-17(12-20(23)26)30-24(33)28-22(32)13-27-30/h3-8,10-13,31H,9H2,1-2H3,(H,28,32,33). The maximum absolute atomic E-state index is 12.0. The Morgan fingerprint density at radius 1 is 1.03 bits per heavy atom. The van der Waals surface area contributed by atoms with Gasteiger partial charge in [0, 0.05) is 31.8 Å². The van der Waals surface area contributed by atoms with Gasteiger partial charge in [0.15, 0.2) is 5.75 Å². The third-order valence-electron chi connectivity index (χ3n) is 5.06. The van der Waals surface area contributed by atoms with Gasteiger partial charge in [-0.15, -0.1) is 0 Å². The molecule has 0 spiro atoms. The number of hydrogen-bond donors (Lipinski definition) is 2. The second kappa shape index (κ2) is 9.62. The van der Waals surface area contributed by atoms with Gasteiger partial charge in [-0.3, -0.25) is 9.78 Å². The number of nitrogens with zero attached hydrogens (tertiary/aromatic N) is 3. The quantitative estimate of drug-likeness (QED) is 0.409. The van der Waals surface area contributed by atoms with Gasteiger partial charge in [-0.1, -0.05) is 35.3 Å². The first kappa shape index (κ1) is 23.4. The molecular formula is C24H20Cl2N4O4. The van der Waals surface area contributed by atoms with Crippen LogP contribution in [-0.2, 0) is 6.42 Å². The van der Waals surface area contributed by atoms with Crippen molar-refractivity contribution in [3.8, 4) is 22.9 Å². The summed E-state index contributed by atoms with van der Waals surface area (Å²) in [5.41, 5.74) is 1.69. The molecule has 0 aliphatic heterocycles. The van der Waals surface area contributed by atoms with E-state index in [2.05, 4.69) is 10.1 Å². The molecule has 8 nitrogen and oxygen atoms in total. The zero-order valence-electron chi connectivity index (χ0n) is 18.3. The molecule has 174 valence electrons. The molecule has 0 atom stereocenters. The fraction of sp³-hybridized carbons (Fsp3) is 0.125. The first-order valence-corrected chi connectivity index (χ1v) is 10.9. The highest BCUT2D eigenvalue weighted by atomic mass is 35.5. The molecule has 0 radical (unpaired) electrons. The van der Waals surface area contributed by atoms with Crippen LogP contribution in [0.1, 0.15) is 11.1 Å². The van der Waals surface area contributed by atoms with Crippen molar-refractivity contribution in [1.29, 1.82) is 0 Å². The van der Waals surface area contributed by atoms with E-state index in [1.807, 2.05) is 43.3 Å². The summed E-state index contributed by atoms with van der Waals surface area (Å²) in [7, 11) is 3.94. The molecule has 4 rings (SSSR count). The lowest BCUT2D eigenvalue weighted by molar-refractivity contribution is 0.459. The van der Waals surface area contributed by atoms with Gasteiger partial charge in [0.2, 0.25) is 0 Å². The Morgan fingerprint density at radius 2 is 1.71 bits per heavy atom. The molecule has 4 aromatic rings. The van der Waals surface area contributed by atoms with Crippen LogP contribution in [0.3, 0.4) is 0 Å². The molecule has 0 saturated heterocycles. The summed E-state index contributed by atoms with van der Waals surface area (Å²) in [6, 6.07) is 15.8. The second-order valence-corrected chi connectivity index (χ2v) is 8.53. The van der Waals surface area contributed by atoms with Crippen molar-refractivity contribution >= 4 is 28.9 Å². The number of H-pyrrole nitrogens is 1. The molecular weight excluding hydrogens is 479 g/mol. The van der Waals surface area contributed by atoms with Gasteiger partial charge in [0.05, 0.1) is 15.7 Å². The van der Waals surface area contributed by atoms with E-state index in [1.54, 1.807) is 18.2 Å². The molecule has 3 aromatic carbocycles. The van der Waals surface area contributed by atoms with Crippen molar-refractivity contribution in [3.63, 3.8) is 0 Å². The van der Waals surface area contributed by atoms with Gasteiger partial charge in [-0.25, -0.2) is 4.79 Å². The van der Waals surface area contributed by atoms with E-state index in [-0.39, 0.29) is 27.2 Å². The number of aromatic amines is 1. The summed E-state index contributed by atoms with van der Waals surface area (Å²) in [5.74, 6) is 0.741. The predicted molar refractivity (Wildman–Crippen MR) is 132 cm³/mol. The molecule has 1 aromatic heterocycles. The van der Waals surface area contributed by atoms with E-state index in [0.29, 0.717) is 17.7 Å². The van der Waals surface area contributed by atoms with Crippen LogP contribution >= 0.6 is 23.2 Å². The lowest BCUT2D eigenvalue weighted by Crippen LogP contribution is -2.30. The highest BCUT2D eigenvalue weighted by molar-refractivity contribution is 6.37. The van der Waals surface area contributed by atoms with E-state index in [9.17, 15) is 14.7 Å². The summed E-state index contributed by atoms with van der Waals surface area (Å²) < 4.78 is 6.88. The van der Waals surface area contributed by atoms with Gasteiger partial charge >= 0.3 is 5.69 Å². The van der Waals surface area contributed by atoms with E-state index in [4.69, 9.17) is 27.9 Å². The smallest absolute Gasteiger partial charge is 0.349 e. The summed E-state index contributed by atoms with van der Waals surface area (Å²) in [6.07, 6.45) is 1.47. The number of anilines is 1. The van der Waals surface area contributed by atoms with Crippen LogP contribution in [0.2, 0.25) is 10.0 Å². The number of hydrogen-bond acceptors (Lipinski definition) is 6. The molecule has 34 heavy (non-hydrogen) atoms. The van der Waals surface area contributed by atoms with E-state index < -0.39 is 11.2 Å². The lowest BCUT2D eigenvalue weighted by atomic mass is 10.0. The zero-order chi connectivity index (χ0) is 24.4. The maximum Gasteiger partial charge on any atom is 0.349 e. The van der Waals surface area contributed by atoms with Crippen molar-refractivity contribution in [2.75, 3.05) is 19.0 Å². The van der Waals surface area contributed by atoms with Crippen LogP contribution in [0.25, 0.3) is 5.69 Å². The molecule has 0 fully saturated rings. The Hall–Kier alpha value is -3.75. The number of ether oxygens (including phenoxy) is 1. The van der Waals surface area contributed by atoms with Gasteiger partial charge in [-0.05, 0) is 48.0 Å². The van der Waals surface area contributed by atoms with Crippen LogP contribution in [0.15, 0.2) is 70.4 Å². The molecule has 0 bridgehead atoms. The number of aromatic nitrogens is 3. The molecule has 0 saturated carbocycles. The topological polar surface area (TPSA) is 100 Å². The largest absolute Gasteiger partial charge is 0.508 e. The average Bonchev–Trinajstić information content (AvgIpc) is 2.78. The van der Waals surface area contributed by atoms with Gasteiger partial charge in [0.1, 0.15) is 17.7 Å². The third-order valence-corrected chi connectivity index (χ3v) is 5.62. The Labute approximate surface area is 204 Å². The molecule has 0 unspecified atom stereocenters. The minimum absolute atomic E-state index is 0.135. The zero-order valence-corrected chi connectivity index (χ0v) is 19.8. The Balaban J connectivity index is 1.60. The fourth-order valence-electron chi connectivity index (χ4n) is 3.32. The fourth-order valence-corrected chi connectivity index (χ4v) is 3.87. The van der Waals surface area contributed by atoms with Crippen molar-refractivity contribution < 1.29 is 9.84 Å². The Bertz CT molecular complexity index is 1440. The summed E-state index contributed by atoms with van der Waals surface area (Å²) >= 11 is 12.8. The number of phenols is 1. The summed E-state index contributed by atoms with van der Waals surface area (Å²) in [4.78, 5) is 27.4.